The van der Waals surface area contributed by atoms with Crippen LogP contribution in [-0.4, -0.2) is 23.9 Å². The number of cyclic esters (lactones) is 4. The number of esters is 4. The van der Waals surface area contributed by atoms with Crippen molar-refractivity contribution >= 4 is 23.9 Å². The summed E-state index contributed by atoms with van der Waals surface area (Å²) in [5, 5.41) is 0. The maximum atomic E-state index is 11.8. The molecule has 2 aromatic heterocycles. The van der Waals surface area contributed by atoms with E-state index >= 15 is 0 Å². The van der Waals surface area contributed by atoms with E-state index in [-0.39, 0.29) is 28.2 Å². The molecule has 0 unspecified atom stereocenters. The molecule has 0 atom stereocenters. The van der Waals surface area contributed by atoms with Gasteiger partial charge >= 0.3 is 23.9 Å². The summed E-state index contributed by atoms with van der Waals surface area (Å²) in [4.78, 5) is 46.7. The van der Waals surface area contributed by atoms with Crippen molar-refractivity contribution in [1.29, 1.82) is 0 Å². The quantitative estimate of drug-likeness (QED) is 0.519. The van der Waals surface area contributed by atoms with Crippen LogP contribution in [0.1, 0.15) is 41.6 Å². The highest BCUT2D eigenvalue weighted by molar-refractivity contribution is 6.22. The molecule has 0 aliphatic carbocycles. The lowest BCUT2D eigenvalue weighted by atomic mass is 10.1. The van der Waals surface area contributed by atoms with E-state index in [1.165, 1.54) is 12.3 Å². The molecule has 0 N–H and O–H groups in total. The summed E-state index contributed by atoms with van der Waals surface area (Å²) in [7, 11) is 0. The lowest BCUT2D eigenvalue weighted by molar-refractivity contribution is 0.0349. The third-order valence-electron chi connectivity index (χ3n) is 2.96. The summed E-state index contributed by atoms with van der Waals surface area (Å²) >= 11 is 0. The molecule has 4 rings (SSSR count). The summed E-state index contributed by atoms with van der Waals surface area (Å²) in [6.07, 6.45) is 1.17. The fraction of sp³-hybridized carbons (Fsp3) is 0. The standard InChI is InChI=1S/C12H2O8/c13-9-3-1-2-17-6(3)7-4-5(11(15)20-10(4)14)8(18-7)12(16)19-9/h1-2H. The van der Waals surface area contributed by atoms with Crippen molar-refractivity contribution in [2.24, 2.45) is 0 Å². The first-order chi connectivity index (χ1) is 9.58. The molecule has 2 aliphatic rings. The minimum absolute atomic E-state index is 0.0895. The van der Waals surface area contributed by atoms with Gasteiger partial charge in [0, 0.05) is 0 Å². The van der Waals surface area contributed by atoms with Gasteiger partial charge < -0.3 is 18.3 Å². The highest BCUT2D eigenvalue weighted by atomic mass is 16.6. The Hall–Kier alpha value is -3.16. The minimum Gasteiger partial charge on any atom is -0.460 e. The molecule has 0 spiro atoms. The van der Waals surface area contributed by atoms with Crippen LogP contribution >= 0.6 is 0 Å². The van der Waals surface area contributed by atoms with Crippen LogP contribution in [0, 0.1) is 0 Å². The highest BCUT2D eigenvalue weighted by Gasteiger charge is 2.45. The van der Waals surface area contributed by atoms with Crippen molar-refractivity contribution in [2.45, 2.75) is 0 Å². The largest absolute Gasteiger partial charge is 0.460 e. The third-order valence-corrected chi connectivity index (χ3v) is 2.96. The van der Waals surface area contributed by atoms with Crippen LogP contribution in [0.15, 0.2) is 21.2 Å². The van der Waals surface area contributed by atoms with Gasteiger partial charge in [-0.3, -0.25) is 0 Å². The van der Waals surface area contributed by atoms with E-state index in [0.717, 1.165) is 0 Å². The molecule has 2 bridgehead atoms. The number of carbonyl (C=O) groups is 4. The fourth-order valence-electron chi connectivity index (χ4n) is 2.14. The van der Waals surface area contributed by atoms with Gasteiger partial charge in [0.15, 0.2) is 11.5 Å². The van der Waals surface area contributed by atoms with Crippen molar-refractivity contribution in [3.63, 3.8) is 0 Å². The Kier molecular flexibility index (Phi) is 1.74. The number of fused-ring (bicyclic) bond motifs is 7. The van der Waals surface area contributed by atoms with E-state index in [1.54, 1.807) is 0 Å². The maximum Gasteiger partial charge on any atom is 0.383 e. The lowest BCUT2D eigenvalue weighted by Gasteiger charge is -2.05. The maximum absolute atomic E-state index is 11.8. The summed E-state index contributed by atoms with van der Waals surface area (Å²) < 4.78 is 19.2. The van der Waals surface area contributed by atoms with Crippen molar-refractivity contribution in [1.82, 2.24) is 0 Å². The summed E-state index contributed by atoms with van der Waals surface area (Å²) in [6.45, 7) is 0. The summed E-state index contributed by atoms with van der Waals surface area (Å²) in [5.74, 6) is -4.99. The fourth-order valence-corrected chi connectivity index (χ4v) is 2.14. The second-order valence-electron chi connectivity index (χ2n) is 4.03. The Morgan fingerprint density at radius 3 is 2.10 bits per heavy atom. The molecule has 8 heteroatoms. The van der Waals surface area contributed by atoms with Gasteiger partial charge in [-0.05, 0) is 6.07 Å². The second kappa shape index (κ2) is 3.23. The van der Waals surface area contributed by atoms with Crippen LogP contribution in [0.4, 0.5) is 0 Å². The van der Waals surface area contributed by atoms with Crippen LogP contribution in [0.25, 0.3) is 11.5 Å². The summed E-state index contributed by atoms with van der Waals surface area (Å²) in [6, 6.07) is 1.26. The van der Waals surface area contributed by atoms with E-state index in [0.29, 0.717) is 0 Å². The van der Waals surface area contributed by atoms with Crippen LogP contribution < -0.4 is 0 Å². The second-order valence-corrected chi connectivity index (χ2v) is 4.03. The van der Waals surface area contributed by atoms with Crippen LogP contribution in [0.5, 0.6) is 0 Å². The number of rotatable bonds is 0. The average Bonchev–Trinajstić information content (AvgIpc) is 3.05. The molecule has 0 saturated carbocycles. The molecule has 0 radical (unpaired) electrons. The molecule has 0 amide bonds. The van der Waals surface area contributed by atoms with Crippen molar-refractivity contribution < 1.29 is 37.5 Å². The van der Waals surface area contributed by atoms with Crippen molar-refractivity contribution in [2.75, 3.05) is 0 Å². The molecular formula is C12H2O8. The van der Waals surface area contributed by atoms with Crippen molar-refractivity contribution in [3.8, 4) is 11.5 Å². The van der Waals surface area contributed by atoms with Gasteiger partial charge in [-0.15, -0.1) is 0 Å². The first-order valence-electron chi connectivity index (χ1n) is 5.35. The number of hydrogen-bond acceptors (Lipinski definition) is 8. The number of carbonyl (C=O) groups excluding carboxylic acids is 4. The lowest BCUT2D eigenvalue weighted by Crippen LogP contribution is -2.15. The Labute approximate surface area is 108 Å². The normalized spacial score (nSPS) is 16.2. The first-order valence-corrected chi connectivity index (χ1v) is 5.35. The van der Waals surface area contributed by atoms with Crippen LogP contribution in [0.3, 0.4) is 0 Å². The molecule has 0 saturated heterocycles. The van der Waals surface area contributed by atoms with Gasteiger partial charge in [0.25, 0.3) is 0 Å². The molecule has 4 heterocycles. The van der Waals surface area contributed by atoms with Gasteiger partial charge in [0.1, 0.15) is 16.7 Å². The third kappa shape index (κ3) is 1.10. The van der Waals surface area contributed by atoms with E-state index < -0.39 is 29.6 Å². The van der Waals surface area contributed by atoms with Gasteiger partial charge in [0.2, 0.25) is 5.76 Å². The smallest absolute Gasteiger partial charge is 0.383 e. The monoisotopic (exact) mass is 274 g/mol. The van der Waals surface area contributed by atoms with Gasteiger partial charge in [0.05, 0.1) is 6.26 Å². The topological polar surface area (TPSA) is 113 Å². The predicted molar refractivity (Wildman–Crippen MR) is 55.9 cm³/mol. The average molecular weight is 274 g/mol. The molecule has 98 valence electrons. The van der Waals surface area contributed by atoms with E-state index in [1.807, 2.05) is 0 Å². The van der Waals surface area contributed by atoms with Gasteiger partial charge in [-0.2, -0.15) is 0 Å². The van der Waals surface area contributed by atoms with E-state index in [4.69, 9.17) is 8.83 Å². The molecule has 2 aliphatic heterocycles. The zero-order chi connectivity index (χ0) is 14.0. The Bertz CT molecular complexity index is 834. The molecule has 0 aromatic carbocycles. The van der Waals surface area contributed by atoms with E-state index in [9.17, 15) is 19.2 Å². The Balaban J connectivity index is 2.14. The molecule has 0 fully saturated rings. The zero-order valence-corrected chi connectivity index (χ0v) is 9.42. The Morgan fingerprint density at radius 2 is 1.35 bits per heavy atom. The first kappa shape index (κ1) is 10.7. The number of ether oxygens (including phenoxy) is 2. The SMILES string of the molecule is O=C1OC(=O)c2oc(c3c2C(=O)OC3=O)-c2occc21. The van der Waals surface area contributed by atoms with Crippen molar-refractivity contribution in [3.05, 3.63) is 34.8 Å². The summed E-state index contributed by atoms with van der Waals surface area (Å²) in [5.41, 5.74) is -0.687. The zero-order valence-electron chi connectivity index (χ0n) is 9.42. The number of hydrogen-bond donors (Lipinski definition) is 0. The van der Waals surface area contributed by atoms with Crippen LogP contribution in [0.2, 0.25) is 0 Å². The predicted octanol–water partition coefficient (Wildman–Crippen LogP) is 1.16. The highest BCUT2D eigenvalue weighted by Crippen LogP contribution is 2.40. The van der Waals surface area contributed by atoms with E-state index in [2.05, 4.69) is 9.47 Å². The van der Waals surface area contributed by atoms with Gasteiger partial charge in [-0.25, -0.2) is 19.2 Å². The molecule has 2 aromatic rings. The molecule has 8 nitrogen and oxygen atoms in total. The van der Waals surface area contributed by atoms with Gasteiger partial charge in [-0.1, -0.05) is 0 Å². The minimum atomic E-state index is -1.17. The Morgan fingerprint density at radius 1 is 0.700 bits per heavy atom. The molecular weight excluding hydrogens is 272 g/mol. The van der Waals surface area contributed by atoms with Crippen LogP contribution in [-0.2, 0) is 9.47 Å². The molecule has 20 heavy (non-hydrogen) atoms. The number of furan rings is 2.